The Labute approximate surface area is 181 Å². The number of nitro benzene ring substituents is 1. The quantitative estimate of drug-likeness (QED) is 0.264. The summed E-state index contributed by atoms with van der Waals surface area (Å²) in [5.74, 6) is 1.63. The number of halogens is 1. The summed E-state index contributed by atoms with van der Waals surface area (Å²) in [6.07, 6.45) is 0. The highest BCUT2D eigenvalue weighted by molar-refractivity contribution is 7.80. The molecule has 0 bridgehead atoms. The summed E-state index contributed by atoms with van der Waals surface area (Å²) < 4.78 is 7.17. The van der Waals surface area contributed by atoms with E-state index in [9.17, 15) is 10.1 Å². The molecule has 2 aromatic carbocycles. The van der Waals surface area contributed by atoms with Gasteiger partial charge in [-0.05, 0) is 25.1 Å². The van der Waals surface area contributed by atoms with E-state index in [4.69, 9.17) is 16.1 Å². The van der Waals surface area contributed by atoms with Gasteiger partial charge < -0.3 is 9.09 Å². The molecule has 2 aromatic heterocycles. The minimum Gasteiger partial charge on any atom is -0.334 e. The van der Waals surface area contributed by atoms with Crippen LogP contribution in [0.5, 0.6) is 0 Å². The zero-order valence-electron chi connectivity index (χ0n) is 15.6. The van der Waals surface area contributed by atoms with Crippen molar-refractivity contribution in [3.8, 4) is 22.8 Å². The number of hydrogen-bond donors (Lipinski definition) is 1. The molecule has 152 valence electrons. The molecule has 4 aromatic rings. The van der Waals surface area contributed by atoms with Gasteiger partial charge in [-0.3, -0.25) is 10.1 Å². The first-order valence-corrected chi connectivity index (χ1v) is 9.83. The highest BCUT2D eigenvalue weighted by atomic mass is 35.5. The fourth-order valence-electron chi connectivity index (χ4n) is 3.00. The first-order chi connectivity index (χ1) is 14.5. The summed E-state index contributed by atoms with van der Waals surface area (Å²) in [4.78, 5) is 15.1. The molecule has 0 saturated carbocycles. The van der Waals surface area contributed by atoms with Gasteiger partial charge in [-0.1, -0.05) is 35.0 Å². The van der Waals surface area contributed by atoms with E-state index in [0.717, 1.165) is 0 Å². The summed E-state index contributed by atoms with van der Waals surface area (Å²) in [6.45, 7) is 2.44. The molecule has 0 N–H and O–H groups in total. The van der Waals surface area contributed by atoms with Gasteiger partial charge in [0, 0.05) is 34.8 Å². The minimum atomic E-state index is -0.610. The van der Waals surface area contributed by atoms with Gasteiger partial charge in [0.1, 0.15) is 5.25 Å². The van der Waals surface area contributed by atoms with E-state index in [1.54, 1.807) is 30.3 Å². The third-order valence-electron chi connectivity index (χ3n) is 4.41. The van der Waals surface area contributed by atoms with Crippen molar-refractivity contribution < 1.29 is 9.45 Å². The van der Waals surface area contributed by atoms with Crippen LogP contribution in [-0.4, -0.2) is 29.8 Å². The van der Waals surface area contributed by atoms with Crippen molar-refractivity contribution in [1.82, 2.24) is 24.9 Å². The minimum absolute atomic E-state index is 0.0218. The average molecular weight is 443 g/mol. The number of rotatable bonds is 6. The molecule has 0 spiro atoms. The molecule has 0 aliphatic heterocycles. The second-order valence-corrected chi connectivity index (χ2v) is 7.26. The highest BCUT2D eigenvalue weighted by Gasteiger charge is 2.25. The molecule has 0 fully saturated rings. The number of hydrogen-bond acceptors (Lipinski definition) is 8. The summed E-state index contributed by atoms with van der Waals surface area (Å²) in [7, 11) is 0. The molecular weight excluding hydrogens is 428 g/mol. The van der Waals surface area contributed by atoms with Gasteiger partial charge in [0.25, 0.3) is 11.6 Å². The molecular formula is C19H15ClN6O3S. The second-order valence-electron chi connectivity index (χ2n) is 6.30. The molecule has 4 rings (SSSR count). The van der Waals surface area contributed by atoms with E-state index < -0.39 is 10.2 Å². The predicted octanol–water partition coefficient (Wildman–Crippen LogP) is 4.60. The second kappa shape index (κ2) is 8.25. The van der Waals surface area contributed by atoms with Gasteiger partial charge in [0.05, 0.1) is 4.92 Å². The molecule has 0 aliphatic rings. The van der Waals surface area contributed by atoms with Crippen molar-refractivity contribution in [2.24, 2.45) is 0 Å². The monoisotopic (exact) mass is 442 g/mol. The van der Waals surface area contributed by atoms with Crippen molar-refractivity contribution in [3.63, 3.8) is 0 Å². The fraction of sp³-hybridized carbons (Fsp3) is 0.158. The molecule has 9 nitrogen and oxygen atoms in total. The van der Waals surface area contributed by atoms with Crippen LogP contribution in [0.25, 0.3) is 22.8 Å². The summed E-state index contributed by atoms with van der Waals surface area (Å²) in [5, 5.41) is 23.5. The van der Waals surface area contributed by atoms with Gasteiger partial charge >= 0.3 is 0 Å². The molecule has 0 radical (unpaired) electrons. The van der Waals surface area contributed by atoms with Crippen molar-refractivity contribution >= 4 is 29.9 Å². The van der Waals surface area contributed by atoms with Crippen molar-refractivity contribution in [2.45, 2.75) is 18.7 Å². The number of non-ortho nitro benzene ring substituents is 1. The Balaban J connectivity index is 1.68. The maximum atomic E-state index is 11.1. The largest absolute Gasteiger partial charge is 0.334 e. The first-order valence-electron chi connectivity index (χ1n) is 8.93. The van der Waals surface area contributed by atoms with Crippen LogP contribution in [0, 0.1) is 10.1 Å². The number of thiol groups is 1. The molecule has 30 heavy (non-hydrogen) atoms. The van der Waals surface area contributed by atoms with Crippen LogP contribution in [0.1, 0.15) is 23.8 Å². The Morgan fingerprint density at radius 1 is 1.20 bits per heavy atom. The summed E-state index contributed by atoms with van der Waals surface area (Å²) >= 11 is 10.6. The average Bonchev–Trinajstić information content (AvgIpc) is 3.40. The summed E-state index contributed by atoms with van der Waals surface area (Å²) in [5.41, 5.74) is 1.25. The molecule has 0 amide bonds. The van der Waals surface area contributed by atoms with E-state index in [2.05, 4.69) is 33.0 Å². The Kier molecular flexibility index (Phi) is 5.51. The van der Waals surface area contributed by atoms with Crippen molar-refractivity contribution in [2.75, 3.05) is 0 Å². The van der Waals surface area contributed by atoms with Crippen molar-refractivity contribution in [3.05, 3.63) is 75.3 Å². The van der Waals surface area contributed by atoms with Crippen LogP contribution >= 0.6 is 24.2 Å². The van der Waals surface area contributed by atoms with Gasteiger partial charge in [0.15, 0.2) is 17.5 Å². The SMILES string of the molecule is CCn1c(-c2cccc([N+](=O)[O-])c2)nnc1C(S)c1noc(-c2cccc(Cl)c2)n1. The Bertz CT molecular complexity index is 1220. The van der Waals surface area contributed by atoms with Crippen LogP contribution < -0.4 is 0 Å². The normalized spacial score (nSPS) is 12.1. The lowest BCUT2D eigenvalue weighted by atomic mass is 10.2. The molecule has 11 heteroatoms. The highest BCUT2D eigenvalue weighted by Crippen LogP contribution is 2.31. The van der Waals surface area contributed by atoms with Crippen LogP contribution in [0.15, 0.2) is 53.1 Å². The third-order valence-corrected chi connectivity index (χ3v) is 5.11. The Morgan fingerprint density at radius 2 is 1.97 bits per heavy atom. The van der Waals surface area contributed by atoms with E-state index >= 15 is 0 Å². The van der Waals surface area contributed by atoms with Gasteiger partial charge in [-0.25, -0.2) is 0 Å². The van der Waals surface area contributed by atoms with E-state index in [-0.39, 0.29) is 5.69 Å². The van der Waals surface area contributed by atoms with Gasteiger partial charge in [-0.15, -0.1) is 10.2 Å². The number of benzene rings is 2. The molecule has 2 heterocycles. The van der Waals surface area contributed by atoms with Crippen LogP contribution in [0.4, 0.5) is 5.69 Å². The fourth-order valence-corrected chi connectivity index (χ4v) is 3.49. The maximum Gasteiger partial charge on any atom is 0.270 e. The molecule has 0 saturated heterocycles. The predicted molar refractivity (Wildman–Crippen MR) is 113 cm³/mol. The van der Waals surface area contributed by atoms with Crippen molar-refractivity contribution in [1.29, 1.82) is 0 Å². The first kappa shape index (κ1) is 20.0. The Morgan fingerprint density at radius 3 is 2.70 bits per heavy atom. The van der Waals surface area contributed by atoms with E-state index in [1.807, 2.05) is 17.6 Å². The zero-order valence-corrected chi connectivity index (χ0v) is 17.3. The van der Waals surface area contributed by atoms with Crippen LogP contribution in [0.2, 0.25) is 5.02 Å². The number of nitrogens with zero attached hydrogens (tertiary/aromatic N) is 6. The third kappa shape index (κ3) is 3.79. The lowest BCUT2D eigenvalue weighted by Gasteiger charge is -2.10. The topological polar surface area (TPSA) is 113 Å². The van der Waals surface area contributed by atoms with Gasteiger partial charge in [0.2, 0.25) is 0 Å². The molecule has 1 unspecified atom stereocenters. The molecule has 0 aliphatic carbocycles. The van der Waals surface area contributed by atoms with E-state index in [1.165, 1.54) is 12.1 Å². The smallest absolute Gasteiger partial charge is 0.270 e. The number of aromatic nitrogens is 5. The zero-order chi connectivity index (χ0) is 21.3. The van der Waals surface area contributed by atoms with Crippen LogP contribution in [0.3, 0.4) is 0 Å². The molecule has 1 atom stereocenters. The van der Waals surface area contributed by atoms with Gasteiger partial charge in [-0.2, -0.15) is 17.6 Å². The maximum absolute atomic E-state index is 11.1. The summed E-state index contributed by atoms with van der Waals surface area (Å²) in [6, 6.07) is 13.3. The Hall–Kier alpha value is -3.24. The van der Waals surface area contributed by atoms with Crippen LogP contribution in [-0.2, 0) is 6.54 Å². The number of nitro groups is 1. The lowest BCUT2D eigenvalue weighted by Crippen LogP contribution is -2.08. The standard InChI is InChI=1S/C19H15ClN6O3S/c1-2-25-17(11-5-4-8-14(10-11)26(27)28)22-23-18(25)15(30)16-21-19(29-24-16)12-6-3-7-13(20)9-12/h3-10,15,30H,2H2,1H3. The lowest BCUT2D eigenvalue weighted by molar-refractivity contribution is -0.384. The van der Waals surface area contributed by atoms with E-state index in [0.29, 0.717) is 46.1 Å².